The van der Waals surface area contributed by atoms with Crippen LogP contribution in [0.5, 0.6) is 0 Å². The van der Waals surface area contributed by atoms with Crippen LogP contribution in [0.2, 0.25) is 0 Å². The first-order valence-electron chi connectivity index (χ1n) is 6.52. The van der Waals surface area contributed by atoms with Gasteiger partial charge in [0.2, 0.25) is 5.92 Å². The van der Waals surface area contributed by atoms with E-state index in [1.807, 2.05) is 0 Å². The number of hydrogen-bond acceptors (Lipinski definition) is 2. The molecule has 0 amide bonds. The number of rotatable bonds is 0. The Morgan fingerprint density at radius 1 is 1.12 bits per heavy atom. The molecule has 2 fully saturated rings. The summed E-state index contributed by atoms with van der Waals surface area (Å²) in [4.78, 5) is 0. The molecule has 1 atom stereocenters. The molecule has 0 aromatic carbocycles. The van der Waals surface area contributed by atoms with Crippen LogP contribution < -0.4 is 5.32 Å². The van der Waals surface area contributed by atoms with E-state index in [0.29, 0.717) is 25.5 Å². The molecule has 1 saturated heterocycles. The first-order valence-corrected chi connectivity index (χ1v) is 6.52. The molecule has 1 spiro atoms. The summed E-state index contributed by atoms with van der Waals surface area (Å²) in [6, 6.07) is 0.350. The highest BCUT2D eigenvalue weighted by Crippen LogP contribution is 2.42. The number of alkyl halides is 2. The van der Waals surface area contributed by atoms with Crippen molar-refractivity contribution in [3.05, 3.63) is 0 Å². The Bertz CT molecular complexity index is 276. The van der Waals surface area contributed by atoms with Crippen LogP contribution in [0.4, 0.5) is 8.78 Å². The lowest BCUT2D eigenvalue weighted by Crippen LogP contribution is -2.62. The molecule has 0 aromatic heterocycles. The zero-order chi connectivity index (χ0) is 12.7. The SMILES string of the molecule is CC(C)(C)C1CCOC2(CCC(F)(F)CC2)N1. The molecule has 2 rings (SSSR count). The van der Waals surface area contributed by atoms with Gasteiger partial charge < -0.3 is 4.74 Å². The van der Waals surface area contributed by atoms with Gasteiger partial charge in [0.1, 0.15) is 5.72 Å². The zero-order valence-electron chi connectivity index (χ0n) is 11.0. The lowest BCUT2D eigenvalue weighted by molar-refractivity contribution is -0.177. The summed E-state index contributed by atoms with van der Waals surface area (Å²) in [5.74, 6) is -2.50. The zero-order valence-corrected chi connectivity index (χ0v) is 11.0. The lowest BCUT2D eigenvalue weighted by Gasteiger charge is -2.49. The summed E-state index contributed by atoms with van der Waals surface area (Å²) in [7, 11) is 0. The quantitative estimate of drug-likeness (QED) is 0.709. The van der Waals surface area contributed by atoms with Crippen molar-refractivity contribution in [3.63, 3.8) is 0 Å². The van der Waals surface area contributed by atoms with E-state index in [4.69, 9.17) is 4.74 Å². The van der Waals surface area contributed by atoms with Crippen molar-refractivity contribution in [3.8, 4) is 0 Å². The smallest absolute Gasteiger partial charge is 0.248 e. The average molecular weight is 247 g/mol. The van der Waals surface area contributed by atoms with E-state index in [-0.39, 0.29) is 18.3 Å². The van der Waals surface area contributed by atoms with Crippen molar-refractivity contribution < 1.29 is 13.5 Å². The van der Waals surface area contributed by atoms with Gasteiger partial charge >= 0.3 is 0 Å². The van der Waals surface area contributed by atoms with Gasteiger partial charge in [0.05, 0.1) is 6.61 Å². The van der Waals surface area contributed by atoms with Gasteiger partial charge in [0.25, 0.3) is 0 Å². The highest BCUT2D eigenvalue weighted by Gasteiger charge is 2.47. The molecule has 1 aliphatic carbocycles. The monoisotopic (exact) mass is 247 g/mol. The molecule has 1 heterocycles. The topological polar surface area (TPSA) is 21.3 Å². The van der Waals surface area contributed by atoms with E-state index in [1.165, 1.54) is 0 Å². The fraction of sp³-hybridized carbons (Fsp3) is 1.00. The third-order valence-electron chi connectivity index (χ3n) is 4.06. The molecule has 1 unspecified atom stereocenters. The largest absolute Gasteiger partial charge is 0.361 e. The van der Waals surface area contributed by atoms with Crippen LogP contribution in [0, 0.1) is 5.41 Å². The van der Waals surface area contributed by atoms with Gasteiger partial charge in [-0.3, -0.25) is 5.32 Å². The maximum Gasteiger partial charge on any atom is 0.248 e. The molecule has 0 radical (unpaired) electrons. The van der Waals surface area contributed by atoms with Gasteiger partial charge in [-0.2, -0.15) is 0 Å². The van der Waals surface area contributed by atoms with Gasteiger partial charge in [-0.25, -0.2) is 8.78 Å². The van der Waals surface area contributed by atoms with E-state index in [2.05, 4.69) is 26.1 Å². The number of nitrogens with one attached hydrogen (secondary N) is 1. The standard InChI is InChI=1S/C13H23F2NO/c1-11(2,3)10-4-9-17-13(16-10)7-5-12(14,15)6-8-13/h10,16H,4-9H2,1-3H3. The minimum Gasteiger partial charge on any atom is -0.361 e. The molecule has 1 aliphatic heterocycles. The Kier molecular flexibility index (Phi) is 3.24. The summed E-state index contributed by atoms with van der Waals surface area (Å²) in [5.41, 5.74) is -0.339. The van der Waals surface area contributed by atoms with Crippen molar-refractivity contribution in [2.75, 3.05) is 6.61 Å². The van der Waals surface area contributed by atoms with Gasteiger partial charge in [-0.15, -0.1) is 0 Å². The Morgan fingerprint density at radius 2 is 1.71 bits per heavy atom. The van der Waals surface area contributed by atoms with Crippen LogP contribution in [0.3, 0.4) is 0 Å². The second kappa shape index (κ2) is 4.16. The van der Waals surface area contributed by atoms with Crippen molar-refractivity contribution in [2.24, 2.45) is 5.41 Å². The maximum atomic E-state index is 13.2. The first kappa shape index (κ1) is 13.2. The molecule has 100 valence electrons. The second-order valence-electron chi connectivity index (χ2n) is 6.55. The van der Waals surface area contributed by atoms with Gasteiger partial charge in [-0.1, -0.05) is 20.8 Å². The Hall–Kier alpha value is -0.220. The van der Waals surface area contributed by atoms with Gasteiger partial charge in [-0.05, 0) is 24.7 Å². The van der Waals surface area contributed by atoms with E-state index < -0.39 is 11.6 Å². The molecule has 1 N–H and O–H groups in total. The fourth-order valence-corrected chi connectivity index (χ4v) is 2.76. The average Bonchev–Trinajstić information content (AvgIpc) is 2.23. The molecule has 1 saturated carbocycles. The van der Waals surface area contributed by atoms with Crippen molar-refractivity contribution >= 4 is 0 Å². The van der Waals surface area contributed by atoms with Crippen molar-refractivity contribution in [2.45, 2.75) is 70.6 Å². The lowest BCUT2D eigenvalue weighted by atomic mass is 9.80. The van der Waals surface area contributed by atoms with Crippen LogP contribution >= 0.6 is 0 Å². The van der Waals surface area contributed by atoms with Crippen LogP contribution in [-0.4, -0.2) is 24.3 Å². The third-order valence-corrected chi connectivity index (χ3v) is 4.06. The number of ether oxygens (including phenoxy) is 1. The van der Waals surface area contributed by atoms with Crippen molar-refractivity contribution in [1.29, 1.82) is 0 Å². The summed E-state index contributed by atoms with van der Waals surface area (Å²) >= 11 is 0. The minimum absolute atomic E-state index is 0.0587. The van der Waals surface area contributed by atoms with E-state index in [0.717, 1.165) is 6.42 Å². The molecular formula is C13H23F2NO. The summed E-state index contributed by atoms with van der Waals surface area (Å²) in [6.45, 7) is 7.23. The minimum atomic E-state index is -2.50. The highest BCUT2D eigenvalue weighted by atomic mass is 19.3. The van der Waals surface area contributed by atoms with Crippen LogP contribution in [0.1, 0.15) is 52.9 Å². The van der Waals surface area contributed by atoms with Gasteiger partial charge in [0.15, 0.2) is 0 Å². The summed E-state index contributed by atoms with van der Waals surface area (Å²) in [5, 5.41) is 3.49. The predicted molar refractivity (Wildman–Crippen MR) is 63.1 cm³/mol. The maximum absolute atomic E-state index is 13.2. The van der Waals surface area contributed by atoms with Crippen LogP contribution in [0.15, 0.2) is 0 Å². The fourth-order valence-electron chi connectivity index (χ4n) is 2.76. The molecular weight excluding hydrogens is 224 g/mol. The Morgan fingerprint density at radius 3 is 2.24 bits per heavy atom. The van der Waals surface area contributed by atoms with Crippen LogP contribution in [0.25, 0.3) is 0 Å². The van der Waals surface area contributed by atoms with E-state index >= 15 is 0 Å². The molecule has 2 aliphatic rings. The van der Waals surface area contributed by atoms with Gasteiger partial charge in [0, 0.05) is 18.9 Å². The molecule has 4 heteroatoms. The Labute approximate surface area is 102 Å². The Balaban J connectivity index is 2.02. The molecule has 0 bridgehead atoms. The highest BCUT2D eigenvalue weighted by molar-refractivity contribution is 4.95. The number of halogens is 2. The van der Waals surface area contributed by atoms with E-state index in [9.17, 15) is 8.78 Å². The summed E-state index contributed by atoms with van der Waals surface area (Å²) in [6.07, 6.45) is 1.69. The molecule has 2 nitrogen and oxygen atoms in total. The first-order chi connectivity index (χ1) is 7.73. The third kappa shape index (κ3) is 2.97. The second-order valence-corrected chi connectivity index (χ2v) is 6.55. The van der Waals surface area contributed by atoms with Crippen molar-refractivity contribution in [1.82, 2.24) is 5.32 Å². The molecule has 0 aromatic rings. The normalized spacial score (nSPS) is 32.6. The number of hydrogen-bond donors (Lipinski definition) is 1. The predicted octanol–water partition coefficient (Wildman–Crippen LogP) is 3.32. The summed E-state index contributed by atoms with van der Waals surface area (Å²) < 4.78 is 32.2. The van der Waals surface area contributed by atoms with Crippen LogP contribution in [-0.2, 0) is 4.74 Å². The molecule has 17 heavy (non-hydrogen) atoms. The van der Waals surface area contributed by atoms with E-state index in [1.54, 1.807) is 0 Å².